The summed E-state index contributed by atoms with van der Waals surface area (Å²) < 4.78 is 30.8. The van der Waals surface area contributed by atoms with E-state index < -0.39 is 10.0 Å². The normalized spacial score (nSPS) is 13.8. The third-order valence-corrected chi connectivity index (χ3v) is 4.64. The molecule has 1 unspecified atom stereocenters. The lowest BCUT2D eigenvalue weighted by Crippen LogP contribution is -2.41. The smallest absolute Gasteiger partial charge is 0.243 e. The van der Waals surface area contributed by atoms with Gasteiger partial charge in [0.05, 0.1) is 11.5 Å². The van der Waals surface area contributed by atoms with Crippen LogP contribution in [0.3, 0.4) is 0 Å². The molecule has 0 saturated heterocycles. The fourth-order valence-electron chi connectivity index (χ4n) is 1.71. The minimum Gasteiger partial charge on any atom is -0.383 e. The van der Waals surface area contributed by atoms with E-state index in [-0.39, 0.29) is 12.6 Å². The average molecular weight is 272 g/mol. The molecule has 0 amide bonds. The van der Waals surface area contributed by atoms with Crippen molar-refractivity contribution in [1.82, 2.24) is 4.31 Å². The number of ether oxygens (including phenoxy) is 1. The molecule has 1 aromatic carbocycles. The quantitative estimate of drug-likeness (QED) is 0.822. The summed E-state index contributed by atoms with van der Waals surface area (Å²) in [5, 5.41) is 0. The second-order valence-corrected chi connectivity index (χ2v) is 6.28. The van der Waals surface area contributed by atoms with Crippen LogP contribution in [0.4, 0.5) is 0 Å². The molecule has 0 spiro atoms. The van der Waals surface area contributed by atoms with Crippen molar-refractivity contribution in [3.05, 3.63) is 29.8 Å². The number of nitrogens with zero attached hydrogens (tertiary/aromatic N) is 1. The Balaban J connectivity index is 2.90. The Morgan fingerprint density at radius 3 is 2.56 bits per heavy atom. The summed E-state index contributed by atoms with van der Waals surface area (Å²) in [6, 6.07) is 6.56. The van der Waals surface area contributed by atoms with Gasteiger partial charge in [-0.2, -0.15) is 4.31 Å². The first-order valence-corrected chi connectivity index (χ1v) is 7.10. The Morgan fingerprint density at radius 1 is 1.39 bits per heavy atom. The van der Waals surface area contributed by atoms with Crippen LogP contribution in [0.5, 0.6) is 0 Å². The Morgan fingerprint density at radius 2 is 2.00 bits per heavy atom. The van der Waals surface area contributed by atoms with Crippen LogP contribution >= 0.6 is 0 Å². The molecule has 0 radical (unpaired) electrons. The predicted molar refractivity (Wildman–Crippen MR) is 70.8 cm³/mol. The number of aryl methyl sites for hydroxylation is 1. The molecule has 1 aromatic rings. The highest BCUT2D eigenvalue weighted by atomic mass is 32.2. The third kappa shape index (κ3) is 3.52. The van der Waals surface area contributed by atoms with Gasteiger partial charge in [-0.05, 0) is 18.6 Å². The van der Waals surface area contributed by atoms with Crippen molar-refractivity contribution >= 4 is 10.0 Å². The Bertz CT molecular complexity index is 488. The van der Waals surface area contributed by atoms with Gasteiger partial charge < -0.3 is 10.5 Å². The zero-order chi connectivity index (χ0) is 13.8. The van der Waals surface area contributed by atoms with Crippen molar-refractivity contribution in [2.24, 2.45) is 5.73 Å². The Kier molecular flexibility index (Phi) is 5.28. The van der Waals surface area contributed by atoms with Gasteiger partial charge in [0.2, 0.25) is 10.0 Å². The van der Waals surface area contributed by atoms with Gasteiger partial charge in [-0.3, -0.25) is 0 Å². The molecule has 1 atom stereocenters. The molecule has 102 valence electrons. The zero-order valence-electron chi connectivity index (χ0n) is 11.0. The van der Waals surface area contributed by atoms with Crippen molar-refractivity contribution in [2.75, 3.05) is 27.3 Å². The monoisotopic (exact) mass is 272 g/mol. The summed E-state index contributed by atoms with van der Waals surface area (Å²) in [5.74, 6) is 0. The molecule has 0 aliphatic heterocycles. The van der Waals surface area contributed by atoms with Crippen LogP contribution in [-0.4, -0.2) is 46.1 Å². The lowest BCUT2D eigenvalue weighted by Gasteiger charge is -2.21. The van der Waals surface area contributed by atoms with E-state index in [2.05, 4.69) is 0 Å². The molecule has 0 aliphatic carbocycles. The number of methoxy groups -OCH3 is 1. The standard InChI is InChI=1S/C12H20N2O3S/c1-10-6-4-5-7-12(10)18(15,16)14(2)8-11(13)9-17-3/h4-7,11H,8-9,13H2,1-3H3. The first-order valence-electron chi connectivity index (χ1n) is 5.66. The Labute approximate surface area is 109 Å². The average Bonchev–Trinajstić information content (AvgIpc) is 2.29. The highest BCUT2D eigenvalue weighted by Gasteiger charge is 2.23. The maximum atomic E-state index is 12.3. The van der Waals surface area contributed by atoms with Gasteiger partial charge in [-0.15, -0.1) is 0 Å². The maximum absolute atomic E-state index is 12.3. The number of benzene rings is 1. The molecule has 0 saturated carbocycles. The maximum Gasteiger partial charge on any atom is 0.243 e. The molecule has 0 heterocycles. The lowest BCUT2D eigenvalue weighted by atomic mass is 10.2. The Hall–Kier alpha value is -0.950. The van der Waals surface area contributed by atoms with Gasteiger partial charge in [0.1, 0.15) is 0 Å². The van der Waals surface area contributed by atoms with Crippen LogP contribution in [0, 0.1) is 6.92 Å². The summed E-state index contributed by atoms with van der Waals surface area (Å²) >= 11 is 0. The molecule has 0 aromatic heterocycles. The SMILES string of the molecule is COCC(N)CN(C)S(=O)(=O)c1ccccc1C. The van der Waals surface area contributed by atoms with E-state index >= 15 is 0 Å². The molecular weight excluding hydrogens is 252 g/mol. The topological polar surface area (TPSA) is 72.6 Å². The fraction of sp³-hybridized carbons (Fsp3) is 0.500. The first-order chi connectivity index (χ1) is 8.39. The van der Waals surface area contributed by atoms with Gasteiger partial charge >= 0.3 is 0 Å². The van der Waals surface area contributed by atoms with Crippen LogP contribution in [-0.2, 0) is 14.8 Å². The highest BCUT2D eigenvalue weighted by molar-refractivity contribution is 7.89. The van der Waals surface area contributed by atoms with Crippen molar-refractivity contribution in [3.63, 3.8) is 0 Å². The molecule has 0 bridgehead atoms. The summed E-state index contributed by atoms with van der Waals surface area (Å²) in [7, 11) is -0.423. The minimum atomic E-state index is -3.49. The van der Waals surface area contributed by atoms with Crippen molar-refractivity contribution in [2.45, 2.75) is 17.9 Å². The predicted octanol–water partition coefficient (Wildman–Crippen LogP) is 0.589. The number of hydrogen-bond donors (Lipinski definition) is 1. The van der Waals surface area contributed by atoms with Crippen LogP contribution in [0.15, 0.2) is 29.2 Å². The van der Waals surface area contributed by atoms with E-state index in [9.17, 15) is 8.42 Å². The third-order valence-electron chi connectivity index (χ3n) is 2.65. The van der Waals surface area contributed by atoms with Gasteiger partial charge in [-0.25, -0.2) is 8.42 Å². The summed E-state index contributed by atoms with van der Waals surface area (Å²) in [6.45, 7) is 2.33. The summed E-state index contributed by atoms with van der Waals surface area (Å²) in [5.41, 5.74) is 6.49. The fourth-order valence-corrected chi connectivity index (χ4v) is 3.16. The van der Waals surface area contributed by atoms with Crippen molar-refractivity contribution < 1.29 is 13.2 Å². The van der Waals surface area contributed by atoms with Crippen LogP contribution in [0.25, 0.3) is 0 Å². The molecule has 2 N–H and O–H groups in total. The summed E-state index contributed by atoms with van der Waals surface area (Å²) in [6.07, 6.45) is 0. The molecule has 6 heteroatoms. The largest absolute Gasteiger partial charge is 0.383 e. The lowest BCUT2D eigenvalue weighted by molar-refractivity contribution is 0.173. The first kappa shape index (κ1) is 15.1. The molecule has 0 fully saturated rings. The number of hydrogen-bond acceptors (Lipinski definition) is 4. The van der Waals surface area contributed by atoms with Gasteiger partial charge in [0, 0.05) is 26.7 Å². The molecule has 5 nitrogen and oxygen atoms in total. The number of likely N-dealkylation sites (N-methyl/N-ethyl adjacent to an activating group) is 1. The number of sulfonamides is 1. The van der Waals surface area contributed by atoms with E-state index in [4.69, 9.17) is 10.5 Å². The van der Waals surface area contributed by atoms with E-state index in [1.54, 1.807) is 25.1 Å². The van der Waals surface area contributed by atoms with E-state index in [1.807, 2.05) is 6.07 Å². The molecule has 18 heavy (non-hydrogen) atoms. The van der Waals surface area contributed by atoms with Crippen LogP contribution in [0.2, 0.25) is 0 Å². The van der Waals surface area contributed by atoms with Gasteiger partial charge in [0.15, 0.2) is 0 Å². The van der Waals surface area contributed by atoms with Gasteiger partial charge in [-0.1, -0.05) is 18.2 Å². The second kappa shape index (κ2) is 6.29. The minimum absolute atomic E-state index is 0.227. The van der Waals surface area contributed by atoms with Crippen LogP contribution in [0.1, 0.15) is 5.56 Å². The number of nitrogens with two attached hydrogens (primary N) is 1. The zero-order valence-corrected chi connectivity index (χ0v) is 11.8. The van der Waals surface area contributed by atoms with E-state index in [1.165, 1.54) is 18.5 Å². The number of rotatable bonds is 6. The van der Waals surface area contributed by atoms with Crippen molar-refractivity contribution in [3.8, 4) is 0 Å². The highest BCUT2D eigenvalue weighted by Crippen LogP contribution is 2.18. The van der Waals surface area contributed by atoms with Gasteiger partial charge in [0.25, 0.3) is 0 Å². The summed E-state index contributed by atoms with van der Waals surface area (Å²) in [4.78, 5) is 0.317. The van der Waals surface area contributed by atoms with Crippen molar-refractivity contribution in [1.29, 1.82) is 0 Å². The molecule has 0 aliphatic rings. The van der Waals surface area contributed by atoms with E-state index in [0.717, 1.165) is 5.56 Å². The van der Waals surface area contributed by atoms with E-state index in [0.29, 0.717) is 11.5 Å². The molecular formula is C12H20N2O3S. The van der Waals surface area contributed by atoms with Crippen LogP contribution < -0.4 is 5.73 Å². The molecule has 1 rings (SSSR count). The second-order valence-electron chi connectivity index (χ2n) is 4.27.